The summed E-state index contributed by atoms with van der Waals surface area (Å²) >= 11 is 0. The molecule has 0 bridgehead atoms. The Bertz CT molecular complexity index is 581. The van der Waals surface area contributed by atoms with E-state index in [1.165, 1.54) is 28.6 Å². The molecule has 1 aromatic rings. The third kappa shape index (κ3) is 4.78. The zero-order chi connectivity index (χ0) is 15.3. The molecule has 5 nitrogen and oxygen atoms in total. The summed E-state index contributed by atoms with van der Waals surface area (Å²) in [6.07, 6.45) is 1.91. The first-order chi connectivity index (χ1) is 9.97. The molecule has 1 N–H and O–H groups in total. The standard InChI is InChI=1S/C14H19FN2O3S/c15-13-5-3-12(4-6-13)11-14(18)16-7-10-21(19,20)17-8-1-2-9-17/h3-6H,1-2,7-11H2,(H,16,18). The van der Waals surface area contributed by atoms with Crippen molar-refractivity contribution in [2.45, 2.75) is 19.3 Å². The molecule has 0 atom stereocenters. The molecule has 1 heterocycles. The van der Waals surface area contributed by atoms with Gasteiger partial charge in [0.05, 0.1) is 12.2 Å². The van der Waals surface area contributed by atoms with Crippen molar-refractivity contribution in [1.29, 1.82) is 0 Å². The van der Waals surface area contributed by atoms with Crippen LogP contribution >= 0.6 is 0 Å². The van der Waals surface area contributed by atoms with Gasteiger partial charge < -0.3 is 5.32 Å². The normalized spacial score (nSPS) is 16.0. The smallest absolute Gasteiger partial charge is 0.224 e. The summed E-state index contributed by atoms with van der Waals surface area (Å²) < 4.78 is 38.1. The van der Waals surface area contributed by atoms with Gasteiger partial charge in [-0.05, 0) is 30.5 Å². The van der Waals surface area contributed by atoms with Gasteiger partial charge in [-0.2, -0.15) is 0 Å². The van der Waals surface area contributed by atoms with Gasteiger partial charge in [-0.15, -0.1) is 0 Å². The highest BCUT2D eigenvalue weighted by Gasteiger charge is 2.24. The van der Waals surface area contributed by atoms with E-state index in [1.54, 1.807) is 0 Å². The number of amides is 1. The van der Waals surface area contributed by atoms with E-state index in [0.29, 0.717) is 18.7 Å². The number of carbonyl (C=O) groups is 1. The SMILES string of the molecule is O=C(Cc1ccc(F)cc1)NCCS(=O)(=O)N1CCCC1. The van der Waals surface area contributed by atoms with Gasteiger partial charge in [-0.1, -0.05) is 12.1 Å². The Kier molecular flexibility index (Phi) is 5.30. The minimum Gasteiger partial charge on any atom is -0.355 e. The quantitative estimate of drug-likeness (QED) is 0.849. The molecule has 2 rings (SSSR count). The van der Waals surface area contributed by atoms with Crippen molar-refractivity contribution in [3.8, 4) is 0 Å². The van der Waals surface area contributed by atoms with Crippen LogP contribution in [0.2, 0.25) is 0 Å². The van der Waals surface area contributed by atoms with Crippen molar-refractivity contribution in [3.63, 3.8) is 0 Å². The van der Waals surface area contributed by atoms with Crippen LogP contribution in [0.1, 0.15) is 18.4 Å². The fourth-order valence-electron chi connectivity index (χ4n) is 2.26. The zero-order valence-electron chi connectivity index (χ0n) is 11.7. The number of nitrogens with one attached hydrogen (secondary N) is 1. The van der Waals surface area contributed by atoms with Gasteiger partial charge in [0.2, 0.25) is 15.9 Å². The number of carbonyl (C=O) groups excluding carboxylic acids is 1. The van der Waals surface area contributed by atoms with Gasteiger partial charge in [0.1, 0.15) is 5.82 Å². The van der Waals surface area contributed by atoms with E-state index in [0.717, 1.165) is 12.8 Å². The number of nitrogens with zero attached hydrogens (tertiary/aromatic N) is 1. The first kappa shape index (κ1) is 15.9. The van der Waals surface area contributed by atoms with E-state index >= 15 is 0 Å². The van der Waals surface area contributed by atoms with Crippen LogP contribution in [0.4, 0.5) is 4.39 Å². The van der Waals surface area contributed by atoms with Gasteiger partial charge in [0.25, 0.3) is 0 Å². The molecular formula is C14H19FN2O3S. The molecule has 1 saturated heterocycles. The lowest BCUT2D eigenvalue weighted by Gasteiger charge is -2.15. The Labute approximate surface area is 124 Å². The molecule has 0 saturated carbocycles. The number of hydrogen-bond acceptors (Lipinski definition) is 3. The second-order valence-electron chi connectivity index (χ2n) is 5.08. The van der Waals surface area contributed by atoms with Crippen LogP contribution in [0.5, 0.6) is 0 Å². The van der Waals surface area contributed by atoms with Crippen LogP contribution in [0.15, 0.2) is 24.3 Å². The highest BCUT2D eigenvalue weighted by molar-refractivity contribution is 7.89. The summed E-state index contributed by atoms with van der Waals surface area (Å²) in [7, 11) is -3.27. The second-order valence-corrected chi connectivity index (χ2v) is 7.16. The van der Waals surface area contributed by atoms with Crippen LogP contribution in [0.3, 0.4) is 0 Å². The predicted molar refractivity (Wildman–Crippen MR) is 77.7 cm³/mol. The molecular weight excluding hydrogens is 295 g/mol. The maximum atomic E-state index is 12.7. The number of sulfonamides is 1. The third-order valence-corrected chi connectivity index (χ3v) is 5.29. The lowest BCUT2D eigenvalue weighted by molar-refractivity contribution is -0.120. The Morgan fingerprint density at radius 1 is 1.19 bits per heavy atom. The molecule has 1 amide bonds. The molecule has 7 heteroatoms. The van der Waals surface area contributed by atoms with Gasteiger partial charge in [-0.25, -0.2) is 17.1 Å². The molecule has 116 valence electrons. The summed E-state index contributed by atoms with van der Waals surface area (Å²) in [5.41, 5.74) is 0.691. The minimum atomic E-state index is -3.27. The van der Waals surface area contributed by atoms with E-state index in [2.05, 4.69) is 5.32 Å². The van der Waals surface area contributed by atoms with Crippen molar-refractivity contribution in [2.24, 2.45) is 0 Å². The Hall–Kier alpha value is -1.47. The third-order valence-electron chi connectivity index (χ3n) is 3.42. The molecule has 0 radical (unpaired) electrons. The maximum absolute atomic E-state index is 12.7. The van der Waals surface area contributed by atoms with Crippen molar-refractivity contribution >= 4 is 15.9 Å². The molecule has 1 aromatic carbocycles. The summed E-state index contributed by atoms with van der Waals surface area (Å²) in [6, 6.07) is 5.66. The van der Waals surface area contributed by atoms with Crippen molar-refractivity contribution in [3.05, 3.63) is 35.6 Å². The number of rotatable bonds is 6. The fraction of sp³-hybridized carbons (Fsp3) is 0.500. The molecule has 0 aliphatic carbocycles. The number of halogens is 1. The molecule has 1 aliphatic rings. The summed E-state index contributed by atoms with van der Waals surface area (Å²) in [5, 5.41) is 2.59. The van der Waals surface area contributed by atoms with E-state index in [9.17, 15) is 17.6 Å². The first-order valence-electron chi connectivity index (χ1n) is 6.96. The number of hydrogen-bond donors (Lipinski definition) is 1. The average molecular weight is 314 g/mol. The average Bonchev–Trinajstić information content (AvgIpc) is 2.96. The van der Waals surface area contributed by atoms with Gasteiger partial charge in [-0.3, -0.25) is 4.79 Å². The van der Waals surface area contributed by atoms with Crippen LogP contribution in [-0.2, 0) is 21.2 Å². The van der Waals surface area contributed by atoms with Crippen LogP contribution in [-0.4, -0.2) is 44.0 Å². The van der Waals surface area contributed by atoms with Crippen LogP contribution in [0, 0.1) is 5.82 Å². The Morgan fingerprint density at radius 3 is 2.43 bits per heavy atom. The largest absolute Gasteiger partial charge is 0.355 e. The predicted octanol–water partition coefficient (Wildman–Crippen LogP) is 0.910. The van der Waals surface area contributed by atoms with Crippen LogP contribution in [0.25, 0.3) is 0 Å². The molecule has 0 aromatic heterocycles. The number of benzene rings is 1. The van der Waals surface area contributed by atoms with Gasteiger partial charge in [0, 0.05) is 19.6 Å². The van der Waals surface area contributed by atoms with Crippen molar-refractivity contribution in [2.75, 3.05) is 25.4 Å². The molecule has 0 spiro atoms. The summed E-state index contributed by atoms with van der Waals surface area (Å²) in [4.78, 5) is 11.7. The zero-order valence-corrected chi connectivity index (χ0v) is 12.5. The van der Waals surface area contributed by atoms with E-state index < -0.39 is 10.0 Å². The van der Waals surface area contributed by atoms with Gasteiger partial charge in [0.15, 0.2) is 0 Å². The van der Waals surface area contributed by atoms with Crippen molar-refractivity contribution in [1.82, 2.24) is 9.62 Å². The van der Waals surface area contributed by atoms with E-state index in [1.807, 2.05) is 0 Å². The first-order valence-corrected chi connectivity index (χ1v) is 8.57. The second kappa shape index (κ2) is 7.00. The topological polar surface area (TPSA) is 66.5 Å². The summed E-state index contributed by atoms with van der Waals surface area (Å²) in [5.74, 6) is -0.698. The van der Waals surface area contributed by atoms with Crippen LogP contribution < -0.4 is 5.32 Å². The summed E-state index contributed by atoms with van der Waals surface area (Å²) in [6.45, 7) is 1.25. The van der Waals surface area contributed by atoms with Gasteiger partial charge >= 0.3 is 0 Å². The highest BCUT2D eigenvalue weighted by atomic mass is 32.2. The Morgan fingerprint density at radius 2 is 1.81 bits per heavy atom. The maximum Gasteiger partial charge on any atom is 0.224 e. The monoisotopic (exact) mass is 314 g/mol. The molecule has 1 fully saturated rings. The minimum absolute atomic E-state index is 0.0812. The lowest BCUT2D eigenvalue weighted by atomic mass is 10.1. The molecule has 1 aliphatic heterocycles. The molecule has 0 unspecified atom stereocenters. The van der Waals surface area contributed by atoms with E-state index in [-0.39, 0.29) is 30.4 Å². The van der Waals surface area contributed by atoms with E-state index in [4.69, 9.17) is 0 Å². The van der Waals surface area contributed by atoms with Crippen molar-refractivity contribution < 1.29 is 17.6 Å². The fourth-order valence-corrected chi connectivity index (χ4v) is 3.70. The molecule has 21 heavy (non-hydrogen) atoms. The lowest BCUT2D eigenvalue weighted by Crippen LogP contribution is -2.36. The highest BCUT2D eigenvalue weighted by Crippen LogP contribution is 2.12. The Balaban J connectivity index is 1.75.